The van der Waals surface area contributed by atoms with Crippen molar-refractivity contribution < 1.29 is 29.3 Å². The number of ether oxygens (including phenoxy) is 1. The molecule has 2 N–H and O–H groups in total. The highest BCUT2D eigenvalue weighted by atomic mass is 16.6. The minimum Gasteiger partial charge on any atom is -0.389 e. The predicted molar refractivity (Wildman–Crippen MR) is 93.3 cm³/mol. The van der Waals surface area contributed by atoms with E-state index in [4.69, 9.17) is 4.74 Å². The quantitative estimate of drug-likeness (QED) is 0.329. The molecule has 6 heteroatoms. The summed E-state index contributed by atoms with van der Waals surface area (Å²) >= 11 is 0. The molecule has 7 atom stereocenters. The van der Waals surface area contributed by atoms with Gasteiger partial charge < -0.3 is 14.9 Å². The van der Waals surface area contributed by atoms with Crippen LogP contribution in [0, 0.1) is 22.7 Å². The molecular weight excluding hydrogens is 336 g/mol. The summed E-state index contributed by atoms with van der Waals surface area (Å²) in [6.07, 6.45) is 1.83. The summed E-state index contributed by atoms with van der Waals surface area (Å²) in [7, 11) is 0. The number of Topliss-reactive ketones (excluding diaryl/α,β-unsaturated/α-hetero) is 2. The van der Waals surface area contributed by atoms with Crippen LogP contribution in [0.2, 0.25) is 0 Å². The molecule has 0 aromatic rings. The Morgan fingerprint density at radius 1 is 1.46 bits per heavy atom. The Balaban J connectivity index is 1.99. The van der Waals surface area contributed by atoms with Gasteiger partial charge in [0.1, 0.15) is 6.10 Å². The van der Waals surface area contributed by atoms with Gasteiger partial charge in [-0.15, -0.1) is 0 Å². The normalized spacial score (nSPS) is 46.2. The van der Waals surface area contributed by atoms with Crippen LogP contribution >= 0.6 is 0 Å². The van der Waals surface area contributed by atoms with Gasteiger partial charge in [0, 0.05) is 11.3 Å². The van der Waals surface area contributed by atoms with Crippen molar-refractivity contribution in [1.82, 2.24) is 0 Å². The molecule has 3 aliphatic rings. The van der Waals surface area contributed by atoms with Crippen LogP contribution in [0.15, 0.2) is 11.6 Å². The number of aliphatic hydroxyl groups is 2. The zero-order valence-electron chi connectivity index (χ0n) is 15.8. The largest absolute Gasteiger partial charge is 0.389 e. The Bertz CT molecular complexity index is 678. The molecule has 6 nitrogen and oxygen atoms in total. The molecule has 0 aromatic carbocycles. The average Bonchev–Trinajstić information content (AvgIpc) is 3.42. The van der Waals surface area contributed by atoms with Gasteiger partial charge in [0.15, 0.2) is 17.7 Å². The first-order valence-corrected chi connectivity index (χ1v) is 9.26. The van der Waals surface area contributed by atoms with Gasteiger partial charge in [-0.3, -0.25) is 14.4 Å². The standard InChI is InChI=1S/C20H28O6/c1-11-6-5-7-13-18(3,12(2)16(24)17(25)19(11,13)4)8-14(22)20(10-26-20)15(23)9-21/h6,9,12-14,17,22,25H,5,7-8,10H2,1-4H3/t12-,13+,14-,17?,18-,19-,20+/m1/s1. The lowest BCUT2D eigenvalue weighted by Crippen LogP contribution is -2.62. The Morgan fingerprint density at radius 2 is 2.08 bits per heavy atom. The fourth-order valence-corrected chi connectivity index (χ4v) is 5.42. The smallest absolute Gasteiger partial charge is 0.231 e. The van der Waals surface area contributed by atoms with Crippen LogP contribution in [0.25, 0.3) is 0 Å². The van der Waals surface area contributed by atoms with Crippen LogP contribution in [0.1, 0.15) is 47.0 Å². The number of hydrogen-bond acceptors (Lipinski definition) is 6. The van der Waals surface area contributed by atoms with E-state index in [1.165, 1.54) is 0 Å². The van der Waals surface area contributed by atoms with Gasteiger partial charge in [-0.05, 0) is 37.5 Å². The highest BCUT2D eigenvalue weighted by Gasteiger charge is 2.65. The van der Waals surface area contributed by atoms with Gasteiger partial charge in [-0.25, -0.2) is 0 Å². The van der Waals surface area contributed by atoms with Crippen molar-refractivity contribution in [1.29, 1.82) is 0 Å². The summed E-state index contributed by atoms with van der Waals surface area (Å²) in [4.78, 5) is 35.7. The number of aliphatic hydroxyl groups excluding tert-OH is 2. The fraction of sp³-hybridized carbons (Fsp3) is 0.750. The van der Waals surface area contributed by atoms with E-state index >= 15 is 0 Å². The first-order valence-electron chi connectivity index (χ1n) is 9.26. The van der Waals surface area contributed by atoms with Crippen LogP contribution in [-0.2, 0) is 19.1 Å². The molecule has 2 fully saturated rings. The average molecular weight is 364 g/mol. The van der Waals surface area contributed by atoms with Gasteiger partial charge >= 0.3 is 0 Å². The van der Waals surface area contributed by atoms with Crippen molar-refractivity contribution in [2.45, 2.75) is 64.8 Å². The topological polar surface area (TPSA) is 104 Å². The third-order valence-electron chi connectivity index (χ3n) is 7.68. The molecule has 1 saturated carbocycles. The molecule has 0 amide bonds. The van der Waals surface area contributed by atoms with Crippen molar-refractivity contribution >= 4 is 17.9 Å². The summed E-state index contributed by atoms with van der Waals surface area (Å²) in [6, 6.07) is 0. The highest BCUT2D eigenvalue weighted by Crippen LogP contribution is 2.61. The van der Waals surface area contributed by atoms with E-state index in [0.29, 0.717) is 0 Å². The molecule has 0 aromatic heterocycles. The molecule has 1 heterocycles. The molecule has 2 aliphatic carbocycles. The summed E-state index contributed by atoms with van der Waals surface area (Å²) in [5, 5.41) is 21.5. The molecule has 1 unspecified atom stereocenters. The molecule has 1 aliphatic heterocycles. The van der Waals surface area contributed by atoms with E-state index < -0.39 is 40.3 Å². The van der Waals surface area contributed by atoms with E-state index in [2.05, 4.69) is 6.08 Å². The van der Waals surface area contributed by atoms with Crippen molar-refractivity contribution in [3.05, 3.63) is 11.6 Å². The number of allylic oxidation sites excluding steroid dienone is 1. The van der Waals surface area contributed by atoms with Gasteiger partial charge in [0.25, 0.3) is 0 Å². The first-order chi connectivity index (χ1) is 12.1. The third kappa shape index (κ3) is 2.38. The molecule has 3 rings (SSSR count). The summed E-state index contributed by atoms with van der Waals surface area (Å²) in [6.45, 7) is 7.62. The van der Waals surface area contributed by atoms with E-state index in [-0.39, 0.29) is 31.0 Å². The van der Waals surface area contributed by atoms with Crippen molar-refractivity contribution in [2.75, 3.05) is 6.61 Å². The molecule has 0 radical (unpaired) electrons. The van der Waals surface area contributed by atoms with Crippen LogP contribution in [0.3, 0.4) is 0 Å². The second-order valence-corrected chi connectivity index (χ2v) is 8.71. The van der Waals surface area contributed by atoms with Crippen molar-refractivity contribution in [2.24, 2.45) is 22.7 Å². The molecule has 0 spiro atoms. The second kappa shape index (κ2) is 6.08. The Morgan fingerprint density at radius 3 is 2.62 bits per heavy atom. The Hall–Kier alpha value is -1.37. The van der Waals surface area contributed by atoms with E-state index in [0.717, 1.165) is 18.4 Å². The monoisotopic (exact) mass is 364 g/mol. The number of ketones is 2. The maximum atomic E-state index is 12.9. The minimum atomic E-state index is -1.46. The fourth-order valence-electron chi connectivity index (χ4n) is 5.42. The molecular formula is C20H28O6. The number of carbonyl (C=O) groups is 3. The maximum absolute atomic E-state index is 12.9. The zero-order valence-corrected chi connectivity index (χ0v) is 15.8. The zero-order chi connectivity index (χ0) is 19.5. The van der Waals surface area contributed by atoms with Crippen LogP contribution in [-0.4, -0.2) is 52.5 Å². The Kier molecular flexibility index (Phi) is 4.53. The van der Waals surface area contributed by atoms with E-state index in [9.17, 15) is 24.6 Å². The lowest BCUT2D eigenvalue weighted by atomic mass is 9.45. The van der Waals surface area contributed by atoms with Crippen molar-refractivity contribution in [3.63, 3.8) is 0 Å². The van der Waals surface area contributed by atoms with Crippen LogP contribution in [0.5, 0.6) is 0 Å². The number of hydrogen-bond donors (Lipinski definition) is 2. The Labute approximate surface area is 153 Å². The van der Waals surface area contributed by atoms with Gasteiger partial charge in [0.2, 0.25) is 5.78 Å². The van der Waals surface area contributed by atoms with Crippen molar-refractivity contribution in [3.8, 4) is 0 Å². The second-order valence-electron chi connectivity index (χ2n) is 8.71. The third-order valence-corrected chi connectivity index (χ3v) is 7.68. The number of fused-ring (bicyclic) bond motifs is 1. The molecule has 144 valence electrons. The SMILES string of the molecule is CC1=CCC[C@H]2[C@](C)(C[C@@H](O)[C@]3(C(=O)C=O)CO3)[C@H](C)C(=O)C(O)[C@]12C. The molecule has 1 saturated heterocycles. The lowest BCUT2D eigenvalue weighted by Gasteiger charge is -2.59. The highest BCUT2D eigenvalue weighted by molar-refractivity contribution is 6.30. The lowest BCUT2D eigenvalue weighted by molar-refractivity contribution is -0.169. The maximum Gasteiger partial charge on any atom is 0.231 e. The molecule has 26 heavy (non-hydrogen) atoms. The summed E-state index contributed by atoms with van der Waals surface area (Å²) in [5.41, 5.74) is -1.78. The first kappa shape index (κ1) is 19.4. The number of rotatable bonds is 5. The van der Waals surface area contributed by atoms with E-state index in [1.54, 1.807) is 6.92 Å². The van der Waals surface area contributed by atoms with E-state index in [1.807, 2.05) is 20.8 Å². The van der Waals surface area contributed by atoms with Gasteiger partial charge in [-0.1, -0.05) is 32.4 Å². The predicted octanol–water partition coefficient (Wildman–Crippen LogP) is 1.22. The number of aldehydes is 1. The van der Waals surface area contributed by atoms with Crippen LogP contribution in [0.4, 0.5) is 0 Å². The number of epoxide rings is 1. The van der Waals surface area contributed by atoms with Crippen LogP contribution < -0.4 is 0 Å². The minimum absolute atomic E-state index is 0.0215. The summed E-state index contributed by atoms with van der Waals surface area (Å²) < 4.78 is 5.19. The van der Waals surface area contributed by atoms with Gasteiger partial charge in [0.05, 0.1) is 12.7 Å². The molecule has 0 bridgehead atoms. The number of carbonyl (C=O) groups excluding carboxylic acids is 3. The summed E-state index contributed by atoms with van der Waals surface area (Å²) in [5.74, 6) is -1.50. The van der Waals surface area contributed by atoms with Gasteiger partial charge in [-0.2, -0.15) is 0 Å².